The highest BCUT2D eigenvalue weighted by molar-refractivity contribution is 5.76. The Morgan fingerprint density at radius 2 is 2.21 bits per heavy atom. The Morgan fingerprint density at radius 3 is 3.00 bits per heavy atom. The first-order valence-electron chi connectivity index (χ1n) is 9.18. The number of hydrogen-bond acceptors (Lipinski definition) is 5. The molecule has 2 aliphatic rings. The van der Waals surface area contributed by atoms with Gasteiger partial charge in [-0.25, -0.2) is 0 Å². The predicted molar refractivity (Wildman–Crippen MR) is 90.4 cm³/mol. The Hall–Kier alpha value is -1.40. The van der Waals surface area contributed by atoms with E-state index in [0.29, 0.717) is 30.8 Å². The van der Waals surface area contributed by atoms with Crippen molar-refractivity contribution in [2.75, 3.05) is 33.3 Å². The zero-order valence-corrected chi connectivity index (χ0v) is 14.6. The van der Waals surface area contributed by atoms with Gasteiger partial charge < -0.3 is 19.5 Å². The number of methoxy groups -OCH3 is 1. The smallest absolute Gasteiger partial charge is 0.222 e. The van der Waals surface area contributed by atoms with Crippen molar-refractivity contribution in [1.82, 2.24) is 15.4 Å². The molecule has 2 saturated heterocycles. The number of carbonyl (C=O) groups excluding carboxylic acids is 1. The summed E-state index contributed by atoms with van der Waals surface area (Å²) in [5, 5.41) is 7.62. The number of nitrogens with one attached hydrogen (secondary N) is 1. The molecule has 3 heterocycles. The van der Waals surface area contributed by atoms with Gasteiger partial charge in [0, 0.05) is 32.7 Å². The Balaban J connectivity index is 1.56. The van der Waals surface area contributed by atoms with Gasteiger partial charge in [0.25, 0.3) is 0 Å². The highest BCUT2D eigenvalue weighted by Crippen LogP contribution is 2.27. The maximum absolute atomic E-state index is 12.6. The molecule has 0 aliphatic carbocycles. The lowest BCUT2D eigenvalue weighted by atomic mass is 9.81. The molecule has 2 aliphatic heterocycles. The number of likely N-dealkylation sites (tertiary alicyclic amines) is 1. The van der Waals surface area contributed by atoms with Crippen molar-refractivity contribution >= 4 is 5.91 Å². The molecule has 134 valence electrons. The molecular weight excluding hydrogens is 306 g/mol. The Bertz CT molecular complexity index is 525. The molecule has 3 rings (SSSR count). The van der Waals surface area contributed by atoms with Gasteiger partial charge in [0.1, 0.15) is 6.61 Å². The fraction of sp³-hybridized carbons (Fsp3) is 0.778. The van der Waals surface area contributed by atoms with Crippen LogP contribution in [-0.4, -0.2) is 49.3 Å². The van der Waals surface area contributed by atoms with Crippen LogP contribution in [0.5, 0.6) is 0 Å². The van der Waals surface area contributed by atoms with E-state index in [1.165, 1.54) is 6.42 Å². The number of hydrogen-bond donors (Lipinski definition) is 1. The van der Waals surface area contributed by atoms with Crippen LogP contribution in [0.3, 0.4) is 0 Å². The summed E-state index contributed by atoms with van der Waals surface area (Å²) in [6, 6.07) is 1.97. The number of nitrogens with zero attached hydrogens (tertiary/aromatic N) is 2. The molecule has 1 aromatic heterocycles. The fourth-order valence-corrected chi connectivity index (χ4v) is 3.91. The molecule has 24 heavy (non-hydrogen) atoms. The summed E-state index contributed by atoms with van der Waals surface area (Å²) in [4.78, 5) is 14.7. The Labute approximate surface area is 143 Å². The molecule has 0 unspecified atom stereocenters. The molecule has 0 bridgehead atoms. The van der Waals surface area contributed by atoms with E-state index in [4.69, 9.17) is 9.26 Å². The fourth-order valence-electron chi connectivity index (χ4n) is 3.91. The molecule has 6 nitrogen and oxygen atoms in total. The standard InChI is InChI=1S/C18H29N3O3/c1-23-13-17-11-16(20-24-17)9-15-12-19-6-5-14(15)10-18(22)21-7-3-2-4-8-21/h11,14-15,19H,2-10,12-13H2,1H3/t14-,15+/m0/s1. The van der Waals surface area contributed by atoms with Crippen molar-refractivity contribution in [1.29, 1.82) is 0 Å². The van der Waals surface area contributed by atoms with Gasteiger partial charge in [-0.05, 0) is 57.0 Å². The van der Waals surface area contributed by atoms with Crippen molar-refractivity contribution in [2.45, 2.75) is 45.1 Å². The number of rotatable bonds is 6. The number of aromatic nitrogens is 1. The molecule has 0 spiro atoms. The first-order valence-corrected chi connectivity index (χ1v) is 9.18. The van der Waals surface area contributed by atoms with Crippen LogP contribution in [0.4, 0.5) is 0 Å². The van der Waals surface area contributed by atoms with Crippen LogP contribution in [0, 0.1) is 11.8 Å². The SMILES string of the molecule is COCc1cc(C[C@@H]2CNCC[C@H]2CC(=O)N2CCCCC2)no1. The third-order valence-corrected chi connectivity index (χ3v) is 5.28. The van der Waals surface area contributed by atoms with E-state index in [1.807, 2.05) is 6.07 Å². The van der Waals surface area contributed by atoms with Crippen molar-refractivity contribution in [3.8, 4) is 0 Å². The van der Waals surface area contributed by atoms with E-state index in [-0.39, 0.29) is 0 Å². The van der Waals surface area contributed by atoms with Gasteiger partial charge in [0.05, 0.1) is 5.69 Å². The molecule has 6 heteroatoms. The second-order valence-electron chi connectivity index (χ2n) is 7.08. The molecular formula is C18H29N3O3. The largest absolute Gasteiger partial charge is 0.377 e. The molecule has 0 aromatic carbocycles. The molecule has 1 aromatic rings. The van der Waals surface area contributed by atoms with Gasteiger partial charge in [-0.15, -0.1) is 0 Å². The van der Waals surface area contributed by atoms with Crippen LogP contribution in [0.2, 0.25) is 0 Å². The number of amides is 1. The summed E-state index contributed by atoms with van der Waals surface area (Å²) < 4.78 is 10.4. The molecule has 2 fully saturated rings. The highest BCUT2D eigenvalue weighted by Gasteiger charge is 2.30. The van der Waals surface area contributed by atoms with E-state index >= 15 is 0 Å². The first kappa shape index (κ1) is 17.4. The van der Waals surface area contributed by atoms with E-state index in [1.54, 1.807) is 7.11 Å². The van der Waals surface area contributed by atoms with Crippen LogP contribution >= 0.6 is 0 Å². The number of ether oxygens (including phenoxy) is 1. The second kappa shape index (κ2) is 8.62. The number of carbonyl (C=O) groups is 1. The third kappa shape index (κ3) is 4.57. The van der Waals surface area contributed by atoms with Crippen LogP contribution in [0.25, 0.3) is 0 Å². The van der Waals surface area contributed by atoms with E-state index < -0.39 is 0 Å². The minimum atomic E-state index is 0.340. The highest BCUT2D eigenvalue weighted by atomic mass is 16.5. The Kier molecular flexibility index (Phi) is 6.26. The third-order valence-electron chi connectivity index (χ3n) is 5.28. The average Bonchev–Trinajstić information content (AvgIpc) is 3.05. The molecule has 2 atom stereocenters. The predicted octanol–water partition coefficient (Wildman–Crippen LogP) is 1.99. The van der Waals surface area contributed by atoms with Crippen molar-refractivity contribution in [3.63, 3.8) is 0 Å². The van der Waals surface area contributed by atoms with E-state index in [0.717, 1.165) is 63.3 Å². The van der Waals surface area contributed by atoms with Gasteiger partial charge in [0.2, 0.25) is 5.91 Å². The van der Waals surface area contributed by atoms with Gasteiger partial charge in [0.15, 0.2) is 5.76 Å². The van der Waals surface area contributed by atoms with E-state index in [2.05, 4.69) is 15.4 Å². The zero-order valence-electron chi connectivity index (χ0n) is 14.6. The monoisotopic (exact) mass is 335 g/mol. The van der Waals surface area contributed by atoms with Gasteiger partial charge in [-0.2, -0.15) is 0 Å². The second-order valence-corrected chi connectivity index (χ2v) is 7.08. The quantitative estimate of drug-likeness (QED) is 0.861. The molecule has 0 radical (unpaired) electrons. The lowest BCUT2D eigenvalue weighted by Gasteiger charge is -2.34. The summed E-state index contributed by atoms with van der Waals surface area (Å²) in [6.45, 7) is 4.29. The average molecular weight is 335 g/mol. The molecule has 0 saturated carbocycles. The van der Waals surface area contributed by atoms with Crippen LogP contribution in [0.1, 0.15) is 43.6 Å². The first-order chi connectivity index (χ1) is 11.8. The molecule has 1 amide bonds. The summed E-state index contributed by atoms with van der Waals surface area (Å²) in [5.41, 5.74) is 0.964. The summed E-state index contributed by atoms with van der Waals surface area (Å²) >= 11 is 0. The Morgan fingerprint density at radius 1 is 1.38 bits per heavy atom. The van der Waals surface area contributed by atoms with Crippen molar-refractivity contribution < 1.29 is 14.1 Å². The summed E-state index contributed by atoms with van der Waals surface area (Å²) in [6.07, 6.45) is 6.17. The lowest BCUT2D eigenvalue weighted by molar-refractivity contribution is -0.133. The van der Waals surface area contributed by atoms with Crippen LogP contribution in [0.15, 0.2) is 10.6 Å². The number of piperidine rings is 2. The topological polar surface area (TPSA) is 67.6 Å². The molecule has 1 N–H and O–H groups in total. The van der Waals surface area contributed by atoms with Crippen LogP contribution in [-0.2, 0) is 22.6 Å². The lowest BCUT2D eigenvalue weighted by Crippen LogP contribution is -2.42. The summed E-state index contributed by atoms with van der Waals surface area (Å²) in [7, 11) is 1.65. The van der Waals surface area contributed by atoms with Crippen molar-refractivity contribution in [2.24, 2.45) is 11.8 Å². The maximum atomic E-state index is 12.6. The van der Waals surface area contributed by atoms with E-state index in [9.17, 15) is 4.79 Å². The van der Waals surface area contributed by atoms with Gasteiger partial charge in [-0.3, -0.25) is 4.79 Å². The van der Waals surface area contributed by atoms with Gasteiger partial charge in [-0.1, -0.05) is 5.16 Å². The normalized spacial score (nSPS) is 25.0. The van der Waals surface area contributed by atoms with Crippen molar-refractivity contribution in [3.05, 3.63) is 17.5 Å². The minimum absolute atomic E-state index is 0.340. The van der Waals surface area contributed by atoms with Gasteiger partial charge >= 0.3 is 0 Å². The zero-order chi connectivity index (χ0) is 16.8. The summed E-state index contributed by atoms with van der Waals surface area (Å²) in [5.74, 6) is 1.97. The minimum Gasteiger partial charge on any atom is -0.377 e. The maximum Gasteiger partial charge on any atom is 0.222 e. The van der Waals surface area contributed by atoms with Crippen LogP contribution < -0.4 is 5.32 Å².